The van der Waals surface area contributed by atoms with E-state index >= 15 is 0 Å². The quantitative estimate of drug-likeness (QED) is 0.0811. The molecule has 5 unspecified atom stereocenters. The van der Waals surface area contributed by atoms with Crippen LogP contribution in [0.25, 0.3) is 0 Å². The van der Waals surface area contributed by atoms with Crippen LogP contribution in [0.2, 0.25) is 0 Å². The van der Waals surface area contributed by atoms with Crippen molar-refractivity contribution in [3.8, 4) is 0 Å². The summed E-state index contributed by atoms with van der Waals surface area (Å²) in [6.45, 7) is 12.0. The van der Waals surface area contributed by atoms with Gasteiger partial charge in [-0.15, -0.1) is 0 Å². The molecule has 1 saturated heterocycles. The molecule has 0 saturated carbocycles. The van der Waals surface area contributed by atoms with Crippen molar-refractivity contribution in [2.75, 3.05) is 26.4 Å². The first-order valence-corrected chi connectivity index (χ1v) is 19.0. The highest BCUT2D eigenvalue weighted by Gasteiger charge is 2.49. The van der Waals surface area contributed by atoms with Crippen molar-refractivity contribution >= 4 is 11.9 Å². The molecule has 0 aromatic heterocycles. The second-order valence-electron chi connectivity index (χ2n) is 14.5. The number of carbonyl (C=O) groups is 2. The summed E-state index contributed by atoms with van der Waals surface area (Å²) in [4.78, 5) is 26.7. The maximum absolute atomic E-state index is 13.4. The Kier molecular flexibility index (Phi) is 17.4. The van der Waals surface area contributed by atoms with Gasteiger partial charge in [0, 0.05) is 19.8 Å². The zero-order valence-electron chi connectivity index (χ0n) is 32.0. The van der Waals surface area contributed by atoms with Crippen molar-refractivity contribution in [3.05, 3.63) is 108 Å². The Hall–Kier alpha value is -3.64. The van der Waals surface area contributed by atoms with Crippen LogP contribution in [-0.4, -0.2) is 80.2 Å². The third-order valence-corrected chi connectivity index (χ3v) is 9.19. The average molecular weight is 734 g/mol. The van der Waals surface area contributed by atoms with E-state index in [9.17, 15) is 14.7 Å². The molecule has 2 N–H and O–H groups in total. The van der Waals surface area contributed by atoms with Gasteiger partial charge >= 0.3 is 11.9 Å². The van der Waals surface area contributed by atoms with Gasteiger partial charge in [0.2, 0.25) is 0 Å². The molecular formula is C43H59NO9. The number of carbonyl (C=O) groups excluding carboxylic acids is 2. The molecule has 1 aliphatic heterocycles. The fraction of sp³-hybridized carbons (Fsp3) is 0.535. The van der Waals surface area contributed by atoms with Crippen LogP contribution in [0.1, 0.15) is 94.2 Å². The first-order chi connectivity index (χ1) is 25.6. The highest BCUT2D eigenvalue weighted by atomic mass is 16.7. The lowest BCUT2D eigenvalue weighted by Crippen LogP contribution is -2.62. The number of hydrogen-bond donors (Lipinski definition) is 2. The average Bonchev–Trinajstić information content (AvgIpc) is 3.16. The number of aliphatic hydroxyl groups is 1. The fourth-order valence-corrected chi connectivity index (χ4v) is 6.35. The van der Waals surface area contributed by atoms with Crippen LogP contribution in [0.4, 0.5) is 0 Å². The minimum absolute atomic E-state index is 0.178. The Morgan fingerprint density at radius 2 is 1.49 bits per heavy atom. The van der Waals surface area contributed by atoms with E-state index in [1.165, 1.54) is 0 Å². The van der Waals surface area contributed by atoms with E-state index in [0.29, 0.717) is 31.7 Å². The van der Waals surface area contributed by atoms with Gasteiger partial charge in [0.25, 0.3) is 0 Å². The molecule has 3 aromatic rings. The summed E-state index contributed by atoms with van der Waals surface area (Å²) < 4.78 is 36.8. The number of aliphatic hydroxyl groups excluding tert-OH is 1. The SMILES string of the molecule is CCCCOCC1O[C@H](OC(C)CC(C)(C)CNC(C(=O)OCc2ccccc2)c2ccccc2)C(OC(=O)c2ccccc2)C(O)[C@@H]1OCCCC. The van der Waals surface area contributed by atoms with Gasteiger partial charge < -0.3 is 38.8 Å². The topological polar surface area (TPSA) is 122 Å². The van der Waals surface area contributed by atoms with Crippen molar-refractivity contribution in [2.24, 2.45) is 5.41 Å². The van der Waals surface area contributed by atoms with E-state index in [1.807, 2.05) is 73.7 Å². The molecule has 10 heteroatoms. The van der Waals surface area contributed by atoms with Gasteiger partial charge in [0.05, 0.1) is 18.3 Å². The van der Waals surface area contributed by atoms with E-state index in [0.717, 1.165) is 36.8 Å². The van der Waals surface area contributed by atoms with Gasteiger partial charge in [-0.05, 0) is 54.9 Å². The molecule has 0 radical (unpaired) electrons. The molecule has 3 aromatic carbocycles. The first kappa shape index (κ1) is 42.1. The third-order valence-electron chi connectivity index (χ3n) is 9.19. The second kappa shape index (κ2) is 21.9. The van der Waals surface area contributed by atoms with E-state index in [2.05, 4.69) is 33.0 Å². The van der Waals surface area contributed by atoms with Crippen molar-refractivity contribution in [2.45, 2.75) is 116 Å². The summed E-state index contributed by atoms with van der Waals surface area (Å²) in [5.74, 6) is -0.962. The maximum atomic E-state index is 13.4. The number of esters is 2. The maximum Gasteiger partial charge on any atom is 0.338 e. The molecular weight excluding hydrogens is 674 g/mol. The van der Waals surface area contributed by atoms with Gasteiger partial charge in [0.15, 0.2) is 12.4 Å². The van der Waals surface area contributed by atoms with Gasteiger partial charge in [-0.25, -0.2) is 9.59 Å². The van der Waals surface area contributed by atoms with Gasteiger partial charge in [-0.2, -0.15) is 0 Å². The molecule has 0 amide bonds. The van der Waals surface area contributed by atoms with Gasteiger partial charge in [-0.1, -0.05) is 119 Å². The van der Waals surface area contributed by atoms with Crippen LogP contribution < -0.4 is 5.32 Å². The molecule has 290 valence electrons. The van der Waals surface area contributed by atoms with Crippen molar-refractivity contribution < 1.29 is 43.1 Å². The Balaban J connectivity index is 1.46. The predicted octanol–water partition coefficient (Wildman–Crippen LogP) is 7.20. The van der Waals surface area contributed by atoms with Crippen LogP contribution in [0.3, 0.4) is 0 Å². The summed E-state index contributed by atoms with van der Waals surface area (Å²) >= 11 is 0. The van der Waals surface area contributed by atoms with E-state index < -0.39 is 48.8 Å². The summed E-state index contributed by atoms with van der Waals surface area (Å²) in [7, 11) is 0. The van der Waals surface area contributed by atoms with Gasteiger partial charge in [-0.3, -0.25) is 0 Å². The van der Waals surface area contributed by atoms with Crippen molar-refractivity contribution in [1.82, 2.24) is 5.32 Å². The van der Waals surface area contributed by atoms with E-state index in [-0.39, 0.29) is 24.6 Å². The summed E-state index contributed by atoms with van der Waals surface area (Å²) in [5.41, 5.74) is 1.70. The number of nitrogens with one attached hydrogen (secondary N) is 1. The van der Waals surface area contributed by atoms with Crippen LogP contribution in [0, 0.1) is 5.41 Å². The lowest BCUT2D eigenvalue weighted by molar-refractivity contribution is -0.317. The monoisotopic (exact) mass is 733 g/mol. The molecule has 1 fully saturated rings. The number of hydrogen-bond acceptors (Lipinski definition) is 10. The largest absolute Gasteiger partial charge is 0.459 e. The molecule has 0 aliphatic carbocycles. The fourth-order valence-electron chi connectivity index (χ4n) is 6.35. The standard InChI is InChI=1S/C43H59NO9/c1-6-8-25-48-29-35-38(49-26-9-7-2)37(45)39(53-40(46)34-23-17-12-18-24-34)42(52-35)51-31(3)27-43(4,5)30-44-36(33-21-15-11-16-22-33)41(47)50-28-32-19-13-10-14-20-32/h10-24,31,35-39,42,44-45H,6-9,25-30H2,1-5H3/t31?,35?,36?,37?,38-,39?,42+/m1/s1. The normalized spacial score (nSPS) is 21.4. The Morgan fingerprint density at radius 3 is 2.15 bits per heavy atom. The molecule has 10 nitrogen and oxygen atoms in total. The smallest absolute Gasteiger partial charge is 0.338 e. The van der Waals surface area contributed by atoms with Gasteiger partial charge in [0.1, 0.15) is 31.0 Å². The lowest BCUT2D eigenvalue weighted by Gasteiger charge is -2.44. The third kappa shape index (κ3) is 13.6. The molecule has 7 atom stereocenters. The highest BCUT2D eigenvalue weighted by molar-refractivity contribution is 5.89. The number of rotatable bonds is 22. The summed E-state index contributed by atoms with van der Waals surface area (Å²) in [5, 5.41) is 15.2. The van der Waals surface area contributed by atoms with Crippen molar-refractivity contribution in [1.29, 1.82) is 0 Å². The lowest BCUT2D eigenvalue weighted by atomic mass is 9.86. The Bertz CT molecular complexity index is 1470. The number of unbranched alkanes of at least 4 members (excludes halogenated alkanes) is 2. The Morgan fingerprint density at radius 1 is 0.868 bits per heavy atom. The van der Waals surface area contributed by atoms with Crippen LogP contribution in [-0.2, 0) is 39.8 Å². The minimum Gasteiger partial charge on any atom is -0.459 e. The summed E-state index contributed by atoms with van der Waals surface area (Å²) in [6.07, 6.45) is -1.17. The zero-order valence-corrected chi connectivity index (χ0v) is 32.0. The minimum atomic E-state index is -1.23. The number of ether oxygens (including phenoxy) is 6. The summed E-state index contributed by atoms with van der Waals surface area (Å²) in [6, 6.07) is 27.1. The molecule has 4 rings (SSSR count). The molecule has 1 aliphatic rings. The van der Waals surface area contributed by atoms with Crippen LogP contribution in [0.15, 0.2) is 91.0 Å². The van der Waals surface area contributed by atoms with E-state index in [4.69, 9.17) is 28.4 Å². The van der Waals surface area contributed by atoms with Crippen molar-refractivity contribution in [3.63, 3.8) is 0 Å². The predicted molar refractivity (Wildman–Crippen MR) is 203 cm³/mol. The van der Waals surface area contributed by atoms with Crippen LogP contribution in [0.5, 0.6) is 0 Å². The Labute approximate surface area is 315 Å². The molecule has 0 spiro atoms. The number of benzene rings is 3. The van der Waals surface area contributed by atoms with E-state index in [1.54, 1.807) is 24.3 Å². The molecule has 1 heterocycles. The first-order valence-electron chi connectivity index (χ1n) is 19.0. The molecule has 53 heavy (non-hydrogen) atoms. The second-order valence-corrected chi connectivity index (χ2v) is 14.5. The van der Waals surface area contributed by atoms with Crippen LogP contribution >= 0.6 is 0 Å². The zero-order chi connectivity index (χ0) is 38.1. The molecule has 0 bridgehead atoms. The highest BCUT2D eigenvalue weighted by Crippen LogP contribution is 2.32.